The van der Waals surface area contributed by atoms with Gasteiger partial charge in [0.05, 0.1) is 0 Å². The van der Waals surface area contributed by atoms with Crippen molar-refractivity contribution in [1.82, 2.24) is 15.5 Å². The van der Waals surface area contributed by atoms with Crippen LogP contribution in [-0.2, 0) is 4.74 Å². The quantitative estimate of drug-likeness (QED) is 0.673. The third kappa shape index (κ3) is 9.16. The Morgan fingerprint density at radius 3 is 2.48 bits per heavy atom. The molecule has 23 heavy (non-hydrogen) atoms. The van der Waals surface area contributed by atoms with Crippen LogP contribution in [-0.4, -0.2) is 55.4 Å². The van der Waals surface area contributed by atoms with E-state index in [0.717, 1.165) is 18.9 Å². The molecule has 1 aliphatic heterocycles. The lowest BCUT2D eigenvalue weighted by atomic mass is 9.90. The van der Waals surface area contributed by atoms with Crippen molar-refractivity contribution in [3.63, 3.8) is 0 Å². The maximum Gasteiger partial charge on any atom is 0.407 e. The SMILES string of the molecule is CCCN1CCC(C(C)NCCCNC(=O)OC(C)(C)C)CC1. The molecule has 0 aliphatic carbocycles. The molecule has 5 heteroatoms. The number of likely N-dealkylation sites (tertiary alicyclic amines) is 1. The summed E-state index contributed by atoms with van der Waals surface area (Å²) in [5.41, 5.74) is -0.427. The Hall–Kier alpha value is -0.810. The predicted molar refractivity (Wildman–Crippen MR) is 95.8 cm³/mol. The molecule has 0 aromatic heterocycles. The summed E-state index contributed by atoms with van der Waals surface area (Å²) in [7, 11) is 0. The summed E-state index contributed by atoms with van der Waals surface area (Å²) in [6.07, 6.45) is 4.45. The molecule has 1 unspecified atom stereocenters. The van der Waals surface area contributed by atoms with Gasteiger partial charge in [-0.05, 0) is 85.5 Å². The van der Waals surface area contributed by atoms with Gasteiger partial charge in [0, 0.05) is 12.6 Å². The van der Waals surface area contributed by atoms with E-state index in [9.17, 15) is 4.79 Å². The molecule has 0 bridgehead atoms. The molecule has 1 aliphatic rings. The van der Waals surface area contributed by atoms with Gasteiger partial charge in [-0.1, -0.05) is 6.92 Å². The Morgan fingerprint density at radius 1 is 1.26 bits per heavy atom. The highest BCUT2D eigenvalue weighted by atomic mass is 16.6. The second kappa shape index (κ2) is 10.1. The van der Waals surface area contributed by atoms with Crippen LogP contribution in [0.1, 0.15) is 60.3 Å². The molecule has 1 fully saturated rings. The maximum atomic E-state index is 11.5. The van der Waals surface area contributed by atoms with Crippen LogP contribution < -0.4 is 10.6 Å². The number of carbonyl (C=O) groups excluding carboxylic acids is 1. The van der Waals surface area contributed by atoms with Gasteiger partial charge in [0.25, 0.3) is 0 Å². The lowest BCUT2D eigenvalue weighted by Gasteiger charge is -2.35. The van der Waals surface area contributed by atoms with Crippen LogP contribution >= 0.6 is 0 Å². The summed E-state index contributed by atoms with van der Waals surface area (Å²) in [5.74, 6) is 0.780. The monoisotopic (exact) mass is 327 g/mol. The van der Waals surface area contributed by atoms with Crippen molar-refractivity contribution < 1.29 is 9.53 Å². The minimum atomic E-state index is -0.427. The largest absolute Gasteiger partial charge is 0.444 e. The van der Waals surface area contributed by atoms with E-state index in [0.29, 0.717) is 12.6 Å². The van der Waals surface area contributed by atoms with E-state index in [2.05, 4.69) is 29.4 Å². The second-order valence-electron chi connectivity index (χ2n) is 7.70. The Labute approximate surface area is 142 Å². The number of nitrogens with one attached hydrogen (secondary N) is 2. The van der Waals surface area contributed by atoms with Crippen LogP contribution in [0.4, 0.5) is 4.79 Å². The molecule has 1 amide bonds. The molecule has 1 saturated heterocycles. The number of nitrogens with zero attached hydrogens (tertiary/aromatic N) is 1. The number of hydrogen-bond donors (Lipinski definition) is 2. The highest BCUT2D eigenvalue weighted by molar-refractivity contribution is 5.67. The Balaban J connectivity index is 2.06. The molecule has 0 aromatic carbocycles. The van der Waals surface area contributed by atoms with Gasteiger partial charge in [-0.2, -0.15) is 0 Å². The van der Waals surface area contributed by atoms with E-state index in [1.807, 2.05) is 20.8 Å². The smallest absolute Gasteiger partial charge is 0.407 e. The second-order valence-corrected chi connectivity index (χ2v) is 7.70. The number of alkyl carbamates (subject to hydrolysis) is 1. The summed E-state index contributed by atoms with van der Waals surface area (Å²) in [4.78, 5) is 14.1. The average Bonchev–Trinajstić information content (AvgIpc) is 2.46. The molecule has 0 saturated carbocycles. The number of amides is 1. The van der Waals surface area contributed by atoms with Crippen molar-refractivity contribution in [2.45, 2.75) is 71.9 Å². The van der Waals surface area contributed by atoms with Crippen molar-refractivity contribution in [2.75, 3.05) is 32.7 Å². The number of hydrogen-bond acceptors (Lipinski definition) is 4. The molecule has 0 radical (unpaired) electrons. The minimum absolute atomic E-state index is 0.325. The zero-order valence-electron chi connectivity index (χ0n) is 15.8. The summed E-state index contributed by atoms with van der Waals surface area (Å²) in [6.45, 7) is 15.5. The van der Waals surface area contributed by atoms with E-state index >= 15 is 0 Å². The van der Waals surface area contributed by atoms with Crippen LogP contribution in [0.2, 0.25) is 0 Å². The van der Waals surface area contributed by atoms with Gasteiger partial charge in [0.2, 0.25) is 0 Å². The molecule has 1 rings (SSSR count). The van der Waals surface area contributed by atoms with Crippen LogP contribution in [0.5, 0.6) is 0 Å². The normalized spacial score (nSPS) is 18.7. The van der Waals surface area contributed by atoms with Crippen molar-refractivity contribution in [1.29, 1.82) is 0 Å². The number of carbonyl (C=O) groups is 1. The highest BCUT2D eigenvalue weighted by Gasteiger charge is 2.23. The van der Waals surface area contributed by atoms with Gasteiger partial charge in [-0.25, -0.2) is 4.79 Å². The molecule has 1 atom stereocenters. The van der Waals surface area contributed by atoms with Gasteiger partial charge >= 0.3 is 6.09 Å². The zero-order chi connectivity index (χ0) is 17.3. The van der Waals surface area contributed by atoms with E-state index in [4.69, 9.17) is 4.74 Å². The fourth-order valence-corrected chi connectivity index (χ4v) is 3.08. The van der Waals surface area contributed by atoms with Crippen molar-refractivity contribution in [2.24, 2.45) is 5.92 Å². The van der Waals surface area contributed by atoms with E-state index in [-0.39, 0.29) is 6.09 Å². The van der Waals surface area contributed by atoms with E-state index in [1.165, 1.54) is 38.9 Å². The summed E-state index contributed by atoms with van der Waals surface area (Å²) < 4.78 is 5.22. The van der Waals surface area contributed by atoms with Gasteiger partial charge in [0.1, 0.15) is 5.60 Å². The lowest BCUT2D eigenvalue weighted by Crippen LogP contribution is -2.42. The maximum absolute atomic E-state index is 11.5. The number of piperidine rings is 1. The minimum Gasteiger partial charge on any atom is -0.444 e. The highest BCUT2D eigenvalue weighted by Crippen LogP contribution is 2.20. The lowest BCUT2D eigenvalue weighted by molar-refractivity contribution is 0.0527. The molecule has 1 heterocycles. The summed E-state index contributed by atoms with van der Waals surface area (Å²) in [6, 6.07) is 0.556. The van der Waals surface area contributed by atoms with Gasteiger partial charge in [-0.3, -0.25) is 0 Å². The first-order chi connectivity index (χ1) is 10.8. The van der Waals surface area contributed by atoms with Crippen LogP contribution in [0.3, 0.4) is 0 Å². The standard InChI is InChI=1S/C18H37N3O2/c1-6-12-21-13-8-16(9-14-21)15(2)19-10-7-11-20-17(22)23-18(3,4)5/h15-16,19H,6-14H2,1-5H3,(H,20,22). The summed E-state index contributed by atoms with van der Waals surface area (Å²) in [5, 5.41) is 6.41. The third-order valence-corrected chi connectivity index (χ3v) is 4.37. The van der Waals surface area contributed by atoms with Crippen LogP contribution in [0.15, 0.2) is 0 Å². The van der Waals surface area contributed by atoms with Gasteiger partial charge in [0.15, 0.2) is 0 Å². The molecule has 0 aromatic rings. The molecule has 5 nitrogen and oxygen atoms in total. The van der Waals surface area contributed by atoms with E-state index < -0.39 is 5.60 Å². The first-order valence-corrected chi connectivity index (χ1v) is 9.24. The van der Waals surface area contributed by atoms with Gasteiger partial charge in [-0.15, -0.1) is 0 Å². The Kier molecular flexibility index (Phi) is 8.92. The third-order valence-electron chi connectivity index (χ3n) is 4.37. The topological polar surface area (TPSA) is 53.6 Å². The zero-order valence-corrected chi connectivity index (χ0v) is 15.8. The van der Waals surface area contributed by atoms with Crippen LogP contribution in [0, 0.1) is 5.92 Å². The fourth-order valence-electron chi connectivity index (χ4n) is 3.08. The number of ether oxygens (including phenoxy) is 1. The fraction of sp³-hybridized carbons (Fsp3) is 0.944. The van der Waals surface area contributed by atoms with Crippen molar-refractivity contribution in [3.8, 4) is 0 Å². The summed E-state index contributed by atoms with van der Waals surface area (Å²) >= 11 is 0. The van der Waals surface area contributed by atoms with Crippen LogP contribution in [0.25, 0.3) is 0 Å². The molecule has 136 valence electrons. The van der Waals surface area contributed by atoms with Crippen molar-refractivity contribution >= 4 is 6.09 Å². The van der Waals surface area contributed by atoms with E-state index in [1.54, 1.807) is 0 Å². The molecule has 0 spiro atoms. The van der Waals surface area contributed by atoms with Gasteiger partial charge < -0.3 is 20.3 Å². The first kappa shape index (κ1) is 20.2. The Morgan fingerprint density at radius 2 is 1.91 bits per heavy atom. The predicted octanol–water partition coefficient (Wildman–Crippen LogP) is 3.00. The Bertz CT molecular complexity index is 334. The van der Waals surface area contributed by atoms with Crippen molar-refractivity contribution in [3.05, 3.63) is 0 Å². The molecular weight excluding hydrogens is 290 g/mol. The molecular formula is C18H37N3O2. The molecule has 2 N–H and O–H groups in total. The number of rotatable bonds is 8. The average molecular weight is 328 g/mol. The first-order valence-electron chi connectivity index (χ1n) is 9.24.